The Bertz CT molecular complexity index is 33.0. The molecule has 0 aromatic rings. The fourth-order valence-corrected chi connectivity index (χ4v) is 0.210. The van der Waals surface area contributed by atoms with Gasteiger partial charge in [-0.25, -0.2) is 5.11 Å². The van der Waals surface area contributed by atoms with Gasteiger partial charge < -0.3 is 14.2 Å². The topological polar surface area (TPSA) is 47.6 Å². The number of hydrogen-bond acceptors (Lipinski definition) is 3. The highest BCUT2D eigenvalue weighted by atomic mass is 16.7. The van der Waals surface area contributed by atoms with E-state index in [9.17, 15) is 5.11 Å². The summed E-state index contributed by atoms with van der Waals surface area (Å²) in [6.07, 6.45) is 0. The second-order valence-electron chi connectivity index (χ2n) is 1.05. The summed E-state index contributed by atoms with van der Waals surface area (Å²) in [6, 6.07) is 0. The molecule has 49 valence electrons. The molecule has 0 aliphatic heterocycles. The zero-order valence-electron chi connectivity index (χ0n) is 4.75. The Kier molecular flexibility index (Phi) is 6.70. The Hall–Kier alpha value is -0.160. The quantitative estimate of drug-likeness (QED) is 0.379. The molecule has 0 N–H and O–H groups in total. The second kappa shape index (κ2) is 6.84. The van der Waals surface area contributed by atoms with E-state index >= 15 is 0 Å². The van der Waals surface area contributed by atoms with Gasteiger partial charge in [-0.15, -0.1) is 0 Å². The third-order valence-electron chi connectivity index (χ3n) is 0.451. The average molecular weight is 121 g/mol. The van der Waals surface area contributed by atoms with Crippen molar-refractivity contribution in [2.45, 2.75) is 0 Å². The molecule has 0 bridgehead atoms. The molecular weight excluding hydrogens is 112 g/mol. The molecule has 0 spiro atoms. The largest absolute Gasteiger partial charge is 0.359 e. The van der Waals surface area contributed by atoms with Crippen LogP contribution in [0.1, 0.15) is 0 Å². The van der Waals surface area contributed by atoms with Crippen LogP contribution in [0.25, 0.3) is 0 Å². The van der Waals surface area contributed by atoms with E-state index in [0.717, 1.165) is 0 Å². The van der Waals surface area contributed by atoms with E-state index in [4.69, 9.17) is 0 Å². The van der Waals surface area contributed by atoms with E-state index in [1.54, 1.807) is 0 Å². The number of hydrogen-bond donors (Lipinski definition) is 0. The molecule has 0 saturated heterocycles. The molecule has 8 heavy (non-hydrogen) atoms. The Labute approximate surface area is 48.0 Å². The van der Waals surface area contributed by atoms with E-state index in [1.165, 1.54) is 7.11 Å². The monoisotopic (exact) mass is 121 g/mol. The standard InChI is InChI=1S/C4H9O4/c1-6-3-8-4-7-2-5/h2-4H2,1H3. The van der Waals surface area contributed by atoms with Gasteiger partial charge in [0, 0.05) is 7.11 Å². The smallest absolute Gasteiger partial charge is 0.183 e. The highest BCUT2D eigenvalue weighted by molar-refractivity contribution is 3.97. The fourth-order valence-electron chi connectivity index (χ4n) is 0.210. The first-order chi connectivity index (χ1) is 3.91. The predicted octanol–water partition coefficient (Wildman–Crippen LogP) is -0.0310. The zero-order valence-corrected chi connectivity index (χ0v) is 4.75. The molecule has 0 rings (SSSR count). The van der Waals surface area contributed by atoms with Crippen LogP contribution in [0.3, 0.4) is 0 Å². The van der Waals surface area contributed by atoms with Crippen molar-refractivity contribution in [3.05, 3.63) is 0 Å². The first-order valence-corrected chi connectivity index (χ1v) is 2.14. The maximum atomic E-state index is 9.55. The summed E-state index contributed by atoms with van der Waals surface area (Å²) >= 11 is 0. The second-order valence-corrected chi connectivity index (χ2v) is 1.05. The van der Waals surface area contributed by atoms with Crippen molar-refractivity contribution in [1.82, 2.24) is 0 Å². The van der Waals surface area contributed by atoms with Crippen molar-refractivity contribution >= 4 is 0 Å². The summed E-state index contributed by atoms with van der Waals surface area (Å²) in [4.78, 5) is 0. The molecule has 0 aromatic carbocycles. The summed E-state index contributed by atoms with van der Waals surface area (Å²) < 4.78 is 13.3. The van der Waals surface area contributed by atoms with Crippen molar-refractivity contribution in [3.8, 4) is 0 Å². The molecule has 1 radical (unpaired) electrons. The van der Waals surface area contributed by atoms with Crippen molar-refractivity contribution < 1.29 is 19.3 Å². The number of methoxy groups -OCH3 is 1. The summed E-state index contributed by atoms with van der Waals surface area (Å²) in [5.41, 5.74) is 0. The van der Waals surface area contributed by atoms with Gasteiger partial charge in [0.15, 0.2) is 13.6 Å². The van der Waals surface area contributed by atoms with Crippen LogP contribution in [0.5, 0.6) is 0 Å². The summed E-state index contributed by atoms with van der Waals surface area (Å²) in [7, 11) is 1.50. The molecule has 0 aliphatic rings. The minimum atomic E-state index is -0.566. The fraction of sp³-hybridized carbons (Fsp3) is 1.00. The Morgan fingerprint density at radius 1 is 1.25 bits per heavy atom. The normalized spacial score (nSPS) is 9.75. The summed E-state index contributed by atoms with van der Waals surface area (Å²) in [5.74, 6) is 0. The van der Waals surface area contributed by atoms with Gasteiger partial charge in [0.1, 0.15) is 6.79 Å². The van der Waals surface area contributed by atoms with Gasteiger partial charge in [0.2, 0.25) is 0 Å². The van der Waals surface area contributed by atoms with Crippen LogP contribution in [0.2, 0.25) is 0 Å². The molecular formula is C4H9O4. The first kappa shape index (κ1) is 7.84. The number of ether oxygens (including phenoxy) is 3. The predicted molar refractivity (Wildman–Crippen MR) is 24.5 cm³/mol. The minimum Gasteiger partial charge on any atom is -0.359 e. The van der Waals surface area contributed by atoms with Gasteiger partial charge in [-0.2, -0.15) is 0 Å². The lowest BCUT2D eigenvalue weighted by atomic mass is 11.3. The first-order valence-electron chi connectivity index (χ1n) is 2.14. The number of rotatable bonds is 5. The van der Waals surface area contributed by atoms with Crippen LogP contribution in [0.4, 0.5) is 0 Å². The lowest BCUT2D eigenvalue weighted by Gasteiger charge is -1.98. The summed E-state index contributed by atoms with van der Waals surface area (Å²) in [5, 5.41) is 9.55. The maximum absolute atomic E-state index is 9.55. The molecule has 4 nitrogen and oxygen atoms in total. The van der Waals surface area contributed by atoms with E-state index in [1.807, 2.05) is 0 Å². The summed E-state index contributed by atoms with van der Waals surface area (Å²) in [6.45, 7) is -0.388. The molecule has 0 amide bonds. The molecule has 0 aromatic heterocycles. The van der Waals surface area contributed by atoms with Crippen LogP contribution in [-0.4, -0.2) is 27.5 Å². The minimum absolute atomic E-state index is 0.0112. The van der Waals surface area contributed by atoms with Crippen LogP contribution < -0.4 is 0 Å². The van der Waals surface area contributed by atoms with E-state index in [0.29, 0.717) is 0 Å². The van der Waals surface area contributed by atoms with Gasteiger partial charge >= 0.3 is 0 Å². The zero-order chi connectivity index (χ0) is 6.24. The van der Waals surface area contributed by atoms with Crippen LogP contribution in [0.15, 0.2) is 0 Å². The lowest BCUT2D eigenvalue weighted by molar-refractivity contribution is -0.163. The highest BCUT2D eigenvalue weighted by Gasteiger charge is 1.81. The van der Waals surface area contributed by atoms with Crippen molar-refractivity contribution in [2.75, 3.05) is 27.5 Å². The molecule has 0 fully saturated rings. The van der Waals surface area contributed by atoms with Crippen LogP contribution >= 0.6 is 0 Å². The molecule has 0 unspecified atom stereocenters. The molecule has 0 heterocycles. The lowest BCUT2D eigenvalue weighted by Crippen LogP contribution is -2.02. The van der Waals surface area contributed by atoms with Gasteiger partial charge in [-0.1, -0.05) is 0 Å². The van der Waals surface area contributed by atoms with Crippen molar-refractivity contribution in [1.29, 1.82) is 0 Å². The van der Waals surface area contributed by atoms with Gasteiger partial charge in [0.25, 0.3) is 0 Å². The van der Waals surface area contributed by atoms with Gasteiger partial charge in [0.05, 0.1) is 0 Å². The van der Waals surface area contributed by atoms with E-state index in [2.05, 4.69) is 14.2 Å². The Morgan fingerprint density at radius 2 is 2.00 bits per heavy atom. The Balaban J connectivity index is 2.53. The van der Waals surface area contributed by atoms with Crippen molar-refractivity contribution in [2.24, 2.45) is 0 Å². The van der Waals surface area contributed by atoms with E-state index < -0.39 is 6.79 Å². The Morgan fingerprint density at radius 3 is 2.50 bits per heavy atom. The molecule has 0 atom stereocenters. The average Bonchev–Trinajstić information content (AvgIpc) is 1.81. The maximum Gasteiger partial charge on any atom is 0.183 e. The van der Waals surface area contributed by atoms with Crippen LogP contribution in [-0.2, 0) is 19.3 Å². The highest BCUT2D eigenvalue weighted by Crippen LogP contribution is 1.75. The van der Waals surface area contributed by atoms with Crippen LogP contribution in [0, 0.1) is 0 Å². The molecule has 4 heteroatoms. The van der Waals surface area contributed by atoms with E-state index in [-0.39, 0.29) is 13.6 Å². The third kappa shape index (κ3) is 5.84. The molecule has 0 aliphatic carbocycles. The SMILES string of the molecule is COCOCOC[O]. The van der Waals surface area contributed by atoms with Crippen molar-refractivity contribution in [3.63, 3.8) is 0 Å². The molecule has 0 saturated carbocycles. The van der Waals surface area contributed by atoms with Gasteiger partial charge in [-0.3, -0.25) is 0 Å². The van der Waals surface area contributed by atoms with Gasteiger partial charge in [-0.05, 0) is 0 Å². The third-order valence-corrected chi connectivity index (χ3v) is 0.451.